The van der Waals surface area contributed by atoms with Gasteiger partial charge >= 0.3 is 6.01 Å². The van der Waals surface area contributed by atoms with Crippen LogP contribution in [0.3, 0.4) is 0 Å². The largest absolute Gasteiger partial charge is 0.459 e. The molecule has 1 aromatic carbocycles. The maximum Gasteiger partial charge on any atom is 0.316 e. The molecule has 26 heavy (non-hydrogen) atoms. The van der Waals surface area contributed by atoms with Gasteiger partial charge in [0, 0.05) is 18.9 Å². The first-order valence-corrected chi connectivity index (χ1v) is 9.95. The van der Waals surface area contributed by atoms with Crippen molar-refractivity contribution in [3.8, 4) is 12.1 Å². The van der Waals surface area contributed by atoms with Crippen molar-refractivity contribution < 1.29 is 13.2 Å². The summed E-state index contributed by atoms with van der Waals surface area (Å²) in [5, 5.41) is 9.20. The highest BCUT2D eigenvalue weighted by Gasteiger charge is 2.32. The van der Waals surface area contributed by atoms with Gasteiger partial charge in [-0.3, -0.25) is 0 Å². The van der Waals surface area contributed by atoms with Crippen molar-refractivity contribution in [2.75, 3.05) is 13.1 Å². The fourth-order valence-electron chi connectivity index (χ4n) is 2.88. The zero-order chi connectivity index (χ0) is 18.6. The Labute approximate surface area is 153 Å². The quantitative estimate of drug-likeness (QED) is 0.798. The summed E-state index contributed by atoms with van der Waals surface area (Å²) in [7, 11) is -3.75. The Bertz CT molecular complexity index is 907. The average Bonchev–Trinajstić information content (AvgIpc) is 2.68. The predicted molar refractivity (Wildman–Crippen MR) is 95.0 cm³/mol. The van der Waals surface area contributed by atoms with E-state index < -0.39 is 10.0 Å². The van der Waals surface area contributed by atoms with Gasteiger partial charge in [0.05, 0.1) is 17.0 Å². The molecule has 2 heterocycles. The molecule has 2 aromatic rings. The van der Waals surface area contributed by atoms with Crippen molar-refractivity contribution in [2.24, 2.45) is 0 Å². The summed E-state index contributed by atoms with van der Waals surface area (Å²) in [5.41, 5.74) is 1.16. The zero-order valence-corrected chi connectivity index (χ0v) is 15.3. The third-order valence-corrected chi connectivity index (χ3v) is 6.25. The summed E-state index contributed by atoms with van der Waals surface area (Å²) in [4.78, 5) is 8.38. The molecule has 1 aliphatic rings. The molecule has 0 amide bonds. The number of piperidine rings is 1. The molecule has 1 fully saturated rings. The third kappa shape index (κ3) is 3.84. The van der Waals surface area contributed by atoms with Crippen molar-refractivity contribution in [3.05, 3.63) is 47.8 Å². The minimum Gasteiger partial charge on any atom is -0.459 e. The van der Waals surface area contributed by atoms with Gasteiger partial charge in [0.15, 0.2) is 0 Å². The Morgan fingerprint density at radius 1 is 1.31 bits per heavy atom. The van der Waals surface area contributed by atoms with Gasteiger partial charge in [0.2, 0.25) is 10.0 Å². The topological polar surface area (TPSA) is 96.2 Å². The van der Waals surface area contributed by atoms with Gasteiger partial charge < -0.3 is 4.74 Å². The van der Waals surface area contributed by atoms with E-state index in [1.54, 1.807) is 24.5 Å². The van der Waals surface area contributed by atoms with E-state index in [4.69, 9.17) is 4.74 Å². The Morgan fingerprint density at radius 3 is 2.73 bits per heavy atom. The van der Waals surface area contributed by atoms with Crippen LogP contribution in [0.1, 0.15) is 30.9 Å². The lowest BCUT2D eigenvalue weighted by Gasteiger charge is -2.31. The van der Waals surface area contributed by atoms with Crippen LogP contribution in [0.5, 0.6) is 6.01 Å². The highest BCUT2D eigenvalue weighted by atomic mass is 32.2. The highest BCUT2D eigenvalue weighted by molar-refractivity contribution is 7.89. The van der Waals surface area contributed by atoms with E-state index in [1.807, 2.05) is 13.0 Å². The Balaban J connectivity index is 1.76. The minimum atomic E-state index is -3.75. The molecule has 7 nitrogen and oxygen atoms in total. The predicted octanol–water partition coefficient (Wildman–Crippen LogP) is 2.14. The maximum atomic E-state index is 12.9. The fourth-order valence-corrected chi connectivity index (χ4v) is 4.53. The molecular formula is C18H20N4O3S. The lowest BCUT2D eigenvalue weighted by molar-refractivity contribution is 0.119. The molecule has 1 atom stereocenters. The van der Waals surface area contributed by atoms with Crippen molar-refractivity contribution in [2.45, 2.75) is 37.2 Å². The molecule has 3 rings (SSSR count). The molecule has 1 unspecified atom stereocenters. The summed E-state index contributed by atoms with van der Waals surface area (Å²) in [6.07, 6.45) is 5.34. The van der Waals surface area contributed by atoms with Gasteiger partial charge in [0.1, 0.15) is 12.2 Å². The second-order valence-electron chi connectivity index (χ2n) is 6.08. The Kier molecular flexibility index (Phi) is 5.49. The van der Waals surface area contributed by atoms with Crippen LogP contribution in [0.2, 0.25) is 0 Å². The number of ether oxygens (including phenoxy) is 1. The first-order chi connectivity index (χ1) is 12.5. The van der Waals surface area contributed by atoms with Gasteiger partial charge in [-0.25, -0.2) is 18.4 Å². The molecule has 1 aliphatic heterocycles. The third-order valence-electron chi connectivity index (χ3n) is 4.33. The van der Waals surface area contributed by atoms with Crippen LogP contribution in [-0.2, 0) is 16.4 Å². The van der Waals surface area contributed by atoms with Crippen LogP contribution in [-0.4, -0.2) is 41.9 Å². The standard InChI is InChI=1S/C18H20N4O3S/c1-2-14-11-20-18(21-12-14)25-16-7-5-9-22(13-16)26(23,24)17-8-4-3-6-15(17)10-19/h3-4,6,8,11-12,16H,2,5,7,9,13H2,1H3. The summed E-state index contributed by atoms with van der Waals surface area (Å²) in [6, 6.07) is 8.44. The first-order valence-electron chi connectivity index (χ1n) is 8.51. The van der Waals surface area contributed by atoms with Crippen molar-refractivity contribution >= 4 is 10.0 Å². The van der Waals surface area contributed by atoms with Gasteiger partial charge in [-0.15, -0.1) is 0 Å². The van der Waals surface area contributed by atoms with E-state index in [1.165, 1.54) is 16.4 Å². The minimum absolute atomic E-state index is 0.0340. The first kappa shape index (κ1) is 18.3. The van der Waals surface area contributed by atoms with Gasteiger partial charge in [0.25, 0.3) is 0 Å². The molecule has 0 saturated carbocycles. The molecule has 0 radical (unpaired) electrons. The van der Waals surface area contributed by atoms with Crippen LogP contribution in [0, 0.1) is 11.3 Å². The number of benzene rings is 1. The van der Waals surface area contributed by atoms with Crippen LogP contribution in [0.4, 0.5) is 0 Å². The number of hydrogen-bond donors (Lipinski definition) is 0. The zero-order valence-electron chi connectivity index (χ0n) is 14.5. The van der Waals surface area contributed by atoms with E-state index in [0.717, 1.165) is 18.4 Å². The van der Waals surface area contributed by atoms with Crippen molar-refractivity contribution in [1.29, 1.82) is 5.26 Å². The Hall–Kier alpha value is -2.50. The molecule has 0 spiro atoms. The Morgan fingerprint density at radius 2 is 2.04 bits per heavy atom. The van der Waals surface area contributed by atoms with Gasteiger partial charge in [-0.1, -0.05) is 19.1 Å². The van der Waals surface area contributed by atoms with Crippen molar-refractivity contribution in [1.82, 2.24) is 14.3 Å². The maximum absolute atomic E-state index is 12.9. The molecule has 1 aromatic heterocycles. The fraction of sp³-hybridized carbons (Fsp3) is 0.389. The second-order valence-corrected chi connectivity index (χ2v) is 7.99. The van der Waals surface area contributed by atoms with Crippen LogP contribution < -0.4 is 4.74 Å². The molecule has 8 heteroatoms. The number of aromatic nitrogens is 2. The summed E-state index contributed by atoms with van der Waals surface area (Å²) >= 11 is 0. The monoisotopic (exact) mass is 372 g/mol. The lowest BCUT2D eigenvalue weighted by atomic mass is 10.1. The molecule has 0 aliphatic carbocycles. The van der Waals surface area contributed by atoms with E-state index in [-0.39, 0.29) is 29.1 Å². The lowest BCUT2D eigenvalue weighted by Crippen LogP contribution is -2.44. The normalized spacial score (nSPS) is 18.2. The average molecular weight is 372 g/mol. The van der Waals surface area contributed by atoms with E-state index in [0.29, 0.717) is 13.0 Å². The summed E-state index contributed by atoms with van der Waals surface area (Å²) in [6.45, 7) is 2.63. The second kappa shape index (κ2) is 7.81. The van der Waals surface area contributed by atoms with E-state index in [9.17, 15) is 13.7 Å². The van der Waals surface area contributed by atoms with Crippen LogP contribution in [0.25, 0.3) is 0 Å². The smallest absolute Gasteiger partial charge is 0.316 e. The van der Waals surface area contributed by atoms with Crippen LogP contribution >= 0.6 is 0 Å². The van der Waals surface area contributed by atoms with Gasteiger partial charge in [-0.05, 0) is 37.0 Å². The molecule has 1 saturated heterocycles. The van der Waals surface area contributed by atoms with Gasteiger partial charge in [-0.2, -0.15) is 9.57 Å². The highest BCUT2D eigenvalue weighted by Crippen LogP contribution is 2.24. The molecule has 0 bridgehead atoms. The number of nitriles is 1. The molecule has 136 valence electrons. The number of rotatable bonds is 5. The number of hydrogen-bond acceptors (Lipinski definition) is 6. The van der Waals surface area contributed by atoms with E-state index >= 15 is 0 Å². The van der Waals surface area contributed by atoms with E-state index in [2.05, 4.69) is 9.97 Å². The molecular weight excluding hydrogens is 352 g/mol. The number of aryl methyl sites for hydroxylation is 1. The number of nitrogens with zero attached hydrogens (tertiary/aromatic N) is 4. The number of sulfonamides is 1. The summed E-state index contributed by atoms with van der Waals surface area (Å²) < 4.78 is 33.0. The SMILES string of the molecule is CCc1cnc(OC2CCCN(S(=O)(=O)c3ccccc3C#N)C2)nc1. The van der Waals surface area contributed by atoms with Crippen molar-refractivity contribution in [3.63, 3.8) is 0 Å². The molecule has 0 N–H and O–H groups in total. The summed E-state index contributed by atoms with van der Waals surface area (Å²) in [5.74, 6) is 0. The van der Waals surface area contributed by atoms with Crippen LogP contribution in [0.15, 0.2) is 41.6 Å².